The molecule has 0 aliphatic carbocycles. The summed E-state index contributed by atoms with van der Waals surface area (Å²) in [5.41, 5.74) is 0.906. The van der Waals surface area contributed by atoms with Crippen molar-refractivity contribution in [2.24, 2.45) is 7.05 Å². The summed E-state index contributed by atoms with van der Waals surface area (Å²) < 4.78 is 1.79. The molecule has 0 radical (unpaired) electrons. The first-order valence-electron chi connectivity index (χ1n) is 5.31. The van der Waals surface area contributed by atoms with Crippen molar-refractivity contribution in [3.63, 3.8) is 0 Å². The van der Waals surface area contributed by atoms with Crippen LogP contribution in [0.3, 0.4) is 0 Å². The molecule has 0 amide bonds. The minimum Gasteiger partial charge on any atom is -0.354 e. The van der Waals surface area contributed by atoms with E-state index in [0.717, 1.165) is 29.9 Å². The first-order chi connectivity index (χ1) is 7.86. The smallest absolute Gasteiger partial charge is 0.163 e. The minimum atomic E-state index is 0.906. The highest BCUT2D eigenvalue weighted by Gasteiger charge is 2.16. The Labute approximate surface area is 97.9 Å². The molecule has 3 rings (SSSR count). The number of anilines is 1. The van der Waals surface area contributed by atoms with E-state index in [4.69, 9.17) is 0 Å². The van der Waals surface area contributed by atoms with Crippen molar-refractivity contribution >= 4 is 28.6 Å². The van der Waals surface area contributed by atoms with Gasteiger partial charge in [0.05, 0.1) is 11.6 Å². The molecule has 0 aromatic carbocycles. The van der Waals surface area contributed by atoms with E-state index in [1.165, 1.54) is 11.5 Å². The number of thioether (sulfide) groups is 1. The molecule has 1 saturated heterocycles. The fourth-order valence-electron chi connectivity index (χ4n) is 1.98. The van der Waals surface area contributed by atoms with Gasteiger partial charge in [0.15, 0.2) is 5.65 Å². The molecule has 3 heterocycles. The Bertz CT molecular complexity index is 503. The van der Waals surface area contributed by atoms with Crippen molar-refractivity contribution in [3.05, 3.63) is 12.5 Å². The van der Waals surface area contributed by atoms with Gasteiger partial charge in [-0.2, -0.15) is 16.9 Å². The van der Waals surface area contributed by atoms with Crippen molar-refractivity contribution in [2.75, 3.05) is 29.5 Å². The summed E-state index contributed by atoms with van der Waals surface area (Å²) in [5.74, 6) is 3.37. The van der Waals surface area contributed by atoms with Gasteiger partial charge >= 0.3 is 0 Å². The van der Waals surface area contributed by atoms with Crippen molar-refractivity contribution in [3.8, 4) is 0 Å². The second kappa shape index (κ2) is 3.93. The molecule has 1 aliphatic heterocycles. The fraction of sp³-hybridized carbons (Fsp3) is 0.500. The number of fused-ring (bicyclic) bond motifs is 1. The highest BCUT2D eigenvalue weighted by Crippen LogP contribution is 2.24. The molecular formula is C10H13N5S. The van der Waals surface area contributed by atoms with E-state index < -0.39 is 0 Å². The van der Waals surface area contributed by atoms with Crippen molar-refractivity contribution < 1.29 is 0 Å². The van der Waals surface area contributed by atoms with Gasteiger partial charge < -0.3 is 4.90 Å². The van der Waals surface area contributed by atoms with E-state index in [2.05, 4.69) is 20.0 Å². The Morgan fingerprint density at radius 2 is 2.06 bits per heavy atom. The predicted molar refractivity (Wildman–Crippen MR) is 65.8 cm³/mol. The van der Waals surface area contributed by atoms with E-state index in [-0.39, 0.29) is 0 Å². The van der Waals surface area contributed by atoms with Gasteiger partial charge in [0, 0.05) is 31.6 Å². The highest BCUT2D eigenvalue weighted by atomic mass is 32.2. The summed E-state index contributed by atoms with van der Waals surface area (Å²) in [5, 5.41) is 5.29. The molecule has 1 fully saturated rings. The first-order valence-corrected chi connectivity index (χ1v) is 6.47. The van der Waals surface area contributed by atoms with E-state index in [0.29, 0.717) is 0 Å². The van der Waals surface area contributed by atoms with E-state index >= 15 is 0 Å². The number of nitrogens with zero attached hydrogens (tertiary/aromatic N) is 5. The molecule has 2 aromatic rings. The molecule has 1 aliphatic rings. The molecule has 6 heteroatoms. The largest absolute Gasteiger partial charge is 0.354 e. The van der Waals surface area contributed by atoms with Crippen LogP contribution in [0, 0.1) is 0 Å². The zero-order valence-corrected chi connectivity index (χ0v) is 9.94. The standard InChI is InChI=1S/C10H13N5S/c1-14-9-8(6-13-14)10(12-7-11-9)15-2-4-16-5-3-15/h6-7H,2-5H2,1H3. The van der Waals surface area contributed by atoms with Crippen LogP contribution >= 0.6 is 11.8 Å². The van der Waals surface area contributed by atoms with Crippen LogP contribution in [0.25, 0.3) is 11.0 Å². The average Bonchev–Trinajstić information content (AvgIpc) is 2.73. The third-order valence-corrected chi connectivity index (χ3v) is 3.76. The van der Waals surface area contributed by atoms with Crippen LogP contribution in [0.2, 0.25) is 0 Å². The quantitative estimate of drug-likeness (QED) is 0.735. The van der Waals surface area contributed by atoms with E-state index in [1.54, 1.807) is 11.0 Å². The Morgan fingerprint density at radius 3 is 2.88 bits per heavy atom. The third kappa shape index (κ3) is 1.53. The highest BCUT2D eigenvalue weighted by molar-refractivity contribution is 7.99. The van der Waals surface area contributed by atoms with Gasteiger partial charge in [-0.3, -0.25) is 4.68 Å². The van der Waals surface area contributed by atoms with Gasteiger partial charge in [0.2, 0.25) is 0 Å². The van der Waals surface area contributed by atoms with Crippen LogP contribution in [-0.2, 0) is 7.05 Å². The molecule has 84 valence electrons. The van der Waals surface area contributed by atoms with Gasteiger partial charge in [-0.1, -0.05) is 0 Å². The van der Waals surface area contributed by atoms with Crippen molar-refractivity contribution in [1.29, 1.82) is 0 Å². The number of hydrogen-bond acceptors (Lipinski definition) is 5. The Hall–Kier alpha value is -1.30. The SMILES string of the molecule is Cn1ncc2c(N3CCSCC3)ncnc21. The Kier molecular flexibility index (Phi) is 2.43. The lowest BCUT2D eigenvalue weighted by molar-refractivity contribution is 0.784. The molecule has 0 saturated carbocycles. The second-order valence-corrected chi connectivity index (χ2v) is 5.03. The maximum atomic E-state index is 4.40. The van der Waals surface area contributed by atoms with Crippen LogP contribution in [-0.4, -0.2) is 44.3 Å². The molecule has 5 nitrogen and oxygen atoms in total. The zero-order valence-electron chi connectivity index (χ0n) is 9.13. The Balaban J connectivity index is 2.08. The van der Waals surface area contributed by atoms with Gasteiger partial charge in [-0.15, -0.1) is 0 Å². The number of rotatable bonds is 1. The van der Waals surface area contributed by atoms with Crippen LogP contribution in [0.5, 0.6) is 0 Å². The van der Waals surface area contributed by atoms with Crippen molar-refractivity contribution in [1.82, 2.24) is 19.7 Å². The first kappa shape index (κ1) is 9.89. The van der Waals surface area contributed by atoms with Crippen LogP contribution < -0.4 is 4.90 Å². The Morgan fingerprint density at radius 1 is 1.25 bits per heavy atom. The minimum absolute atomic E-state index is 0.906. The molecular weight excluding hydrogens is 222 g/mol. The summed E-state index contributed by atoms with van der Waals surface area (Å²) in [6.07, 6.45) is 3.48. The van der Waals surface area contributed by atoms with Crippen LogP contribution in [0.4, 0.5) is 5.82 Å². The summed E-state index contributed by atoms with van der Waals surface area (Å²) in [6.45, 7) is 2.12. The summed E-state index contributed by atoms with van der Waals surface area (Å²) in [4.78, 5) is 11.0. The van der Waals surface area contributed by atoms with Crippen LogP contribution in [0.15, 0.2) is 12.5 Å². The maximum absolute atomic E-state index is 4.40. The normalized spacial score (nSPS) is 16.9. The molecule has 0 spiro atoms. The maximum Gasteiger partial charge on any atom is 0.163 e. The molecule has 0 N–H and O–H groups in total. The van der Waals surface area contributed by atoms with Gasteiger partial charge in [0.25, 0.3) is 0 Å². The lowest BCUT2D eigenvalue weighted by Gasteiger charge is -2.27. The lowest BCUT2D eigenvalue weighted by Crippen LogP contribution is -2.33. The monoisotopic (exact) mass is 235 g/mol. The number of hydrogen-bond donors (Lipinski definition) is 0. The van der Waals surface area contributed by atoms with Crippen LogP contribution in [0.1, 0.15) is 0 Å². The summed E-state index contributed by atoms with van der Waals surface area (Å²) in [6, 6.07) is 0. The van der Waals surface area contributed by atoms with E-state index in [1.807, 2.05) is 25.0 Å². The average molecular weight is 235 g/mol. The summed E-state index contributed by atoms with van der Waals surface area (Å²) >= 11 is 2.00. The molecule has 16 heavy (non-hydrogen) atoms. The number of aromatic nitrogens is 4. The second-order valence-electron chi connectivity index (χ2n) is 3.80. The predicted octanol–water partition coefficient (Wildman–Crippen LogP) is 0.916. The molecule has 2 aromatic heterocycles. The molecule has 0 unspecified atom stereocenters. The zero-order chi connectivity index (χ0) is 11.0. The van der Waals surface area contributed by atoms with Gasteiger partial charge in [-0.05, 0) is 0 Å². The van der Waals surface area contributed by atoms with Gasteiger partial charge in [-0.25, -0.2) is 9.97 Å². The fourth-order valence-corrected chi connectivity index (χ4v) is 2.88. The molecule has 0 bridgehead atoms. The third-order valence-electron chi connectivity index (χ3n) is 2.82. The summed E-state index contributed by atoms with van der Waals surface area (Å²) in [7, 11) is 1.91. The van der Waals surface area contributed by atoms with E-state index in [9.17, 15) is 0 Å². The van der Waals surface area contributed by atoms with Crippen molar-refractivity contribution in [2.45, 2.75) is 0 Å². The van der Waals surface area contributed by atoms with Gasteiger partial charge in [0.1, 0.15) is 12.1 Å². The lowest BCUT2D eigenvalue weighted by atomic mass is 10.3. The molecule has 0 atom stereocenters. The number of aryl methyl sites for hydroxylation is 1. The topological polar surface area (TPSA) is 46.8 Å².